The third-order valence-corrected chi connectivity index (χ3v) is 6.97. The highest BCUT2D eigenvalue weighted by Crippen LogP contribution is 2.46. The molecule has 0 spiro atoms. The first-order valence-electron chi connectivity index (χ1n) is 12.1. The van der Waals surface area contributed by atoms with Crippen molar-refractivity contribution in [3.63, 3.8) is 0 Å². The van der Waals surface area contributed by atoms with Gasteiger partial charge in [-0.1, -0.05) is 59.1 Å². The quantitative estimate of drug-likeness (QED) is 0.408. The van der Waals surface area contributed by atoms with Crippen LogP contribution in [-0.2, 0) is 9.47 Å². The minimum absolute atomic E-state index is 0.419. The maximum atomic E-state index is 6.42. The van der Waals surface area contributed by atoms with Gasteiger partial charge in [-0.2, -0.15) is 0 Å². The lowest BCUT2D eigenvalue weighted by Gasteiger charge is -2.27. The van der Waals surface area contributed by atoms with Gasteiger partial charge in [-0.15, -0.1) is 0 Å². The molecule has 0 N–H and O–H groups in total. The van der Waals surface area contributed by atoms with E-state index < -0.39 is 9.71 Å². The summed E-state index contributed by atoms with van der Waals surface area (Å²) in [7, 11) is 0. The van der Waals surface area contributed by atoms with Gasteiger partial charge in [-0.05, 0) is 35.4 Å². The van der Waals surface area contributed by atoms with Gasteiger partial charge in [0.1, 0.15) is 24.7 Å². The summed E-state index contributed by atoms with van der Waals surface area (Å²) in [5.41, 5.74) is 1.82. The van der Waals surface area contributed by atoms with E-state index in [1.165, 1.54) is 0 Å². The summed E-state index contributed by atoms with van der Waals surface area (Å²) in [6.07, 6.45) is 0. The van der Waals surface area contributed by atoms with Gasteiger partial charge in [0.2, 0.25) is 3.79 Å². The van der Waals surface area contributed by atoms with Crippen molar-refractivity contribution in [2.45, 2.75) is 9.71 Å². The molecule has 0 aliphatic carbocycles. The highest BCUT2D eigenvalue weighted by atomic mass is 35.6. The van der Waals surface area contributed by atoms with Gasteiger partial charge in [0.25, 0.3) is 0 Å². The number of hydrogen-bond donors (Lipinski definition) is 0. The van der Waals surface area contributed by atoms with Crippen molar-refractivity contribution in [3.8, 4) is 11.5 Å². The summed E-state index contributed by atoms with van der Waals surface area (Å²) < 4.78 is 21.1. The predicted molar refractivity (Wildman–Crippen MR) is 141 cm³/mol. The zero-order valence-electron chi connectivity index (χ0n) is 19.8. The monoisotopic (exact) mass is 542 g/mol. The lowest BCUT2D eigenvalue weighted by atomic mass is 9.92. The molecule has 2 aliphatic heterocycles. The number of rotatable bonds is 10. The number of morpholine rings is 2. The molecule has 0 unspecified atom stereocenters. The molecule has 35 heavy (non-hydrogen) atoms. The predicted octanol–water partition coefficient (Wildman–Crippen LogP) is 4.61. The molecule has 192 valence electrons. The Morgan fingerprint density at radius 1 is 0.657 bits per heavy atom. The van der Waals surface area contributed by atoms with Crippen molar-refractivity contribution in [2.24, 2.45) is 0 Å². The van der Waals surface area contributed by atoms with Crippen LogP contribution in [0.2, 0.25) is 0 Å². The molecule has 2 aromatic carbocycles. The average molecular weight is 544 g/mol. The molecule has 0 saturated carbocycles. The minimum Gasteiger partial charge on any atom is -0.492 e. The molecule has 2 heterocycles. The molecule has 0 amide bonds. The van der Waals surface area contributed by atoms with Crippen LogP contribution < -0.4 is 9.47 Å². The molecule has 2 fully saturated rings. The summed E-state index contributed by atoms with van der Waals surface area (Å²) in [4.78, 5) is 4.68. The summed E-state index contributed by atoms with van der Waals surface area (Å²) in [6.45, 7) is 9.95. The fourth-order valence-corrected chi connectivity index (χ4v) is 5.07. The van der Waals surface area contributed by atoms with Crippen molar-refractivity contribution >= 4 is 34.8 Å². The lowest BCUT2D eigenvalue weighted by Crippen LogP contribution is -2.38. The summed E-state index contributed by atoms with van der Waals surface area (Å²) >= 11 is 19.3. The maximum Gasteiger partial charge on any atom is 0.201 e. The first-order valence-corrected chi connectivity index (χ1v) is 13.2. The second-order valence-corrected chi connectivity index (χ2v) is 11.1. The van der Waals surface area contributed by atoms with Crippen LogP contribution in [0.15, 0.2) is 48.5 Å². The topological polar surface area (TPSA) is 43.4 Å². The van der Waals surface area contributed by atoms with Crippen molar-refractivity contribution < 1.29 is 18.9 Å². The van der Waals surface area contributed by atoms with Crippen LogP contribution in [0.4, 0.5) is 0 Å². The van der Waals surface area contributed by atoms with E-state index in [1.807, 2.05) is 48.5 Å². The molecule has 2 aliphatic rings. The Hall–Kier alpha value is -1.25. The smallest absolute Gasteiger partial charge is 0.201 e. The standard InChI is InChI=1S/C26H33Cl3N2O4/c27-26(28,29)25(21-1-5-23(6-2-21)34-19-13-30-9-15-32-16-10-30)22-3-7-24(8-4-22)35-20-14-31-11-17-33-18-12-31/h1-8,25H,9-20H2. The number of ether oxygens (including phenoxy) is 4. The van der Waals surface area contributed by atoms with E-state index in [0.717, 1.165) is 88.3 Å². The zero-order valence-corrected chi connectivity index (χ0v) is 22.1. The number of nitrogens with zero attached hydrogens (tertiary/aromatic N) is 2. The number of halogens is 3. The number of alkyl halides is 3. The molecule has 0 radical (unpaired) electrons. The van der Waals surface area contributed by atoms with Gasteiger partial charge < -0.3 is 18.9 Å². The Kier molecular flexibility index (Phi) is 10.2. The van der Waals surface area contributed by atoms with Crippen LogP contribution in [-0.4, -0.2) is 92.5 Å². The van der Waals surface area contributed by atoms with Crippen molar-refractivity contribution in [1.82, 2.24) is 9.80 Å². The highest BCUT2D eigenvalue weighted by Gasteiger charge is 2.35. The van der Waals surface area contributed by atoms with Gasteiger partial charge in [-0.3, -0.25) is 9.80 Å². The largest absolute Gasteiger partial charge is 0.492 e. The van der Waals surface area contributed by atoms with E-state index in [9.17, 15) is 0 Å². The van der Waals surface area contributed by atoms with Crippen molar-refractivity contribution in [1.29, 1.82) is 0 Å². The fraction of sp³-hybridized carbons (Fsp3) is 0.538. The van der Waals surface area contributed by atoms with Gasteiger partial charge in [0, 0.05) is 39.3 Å². The Labute approximate surface area is 222 Å². The van der Waals surface area contributed by atoms with E-state index in [-0.39, 0.29) is 0 Å². The third kappa shape index (κ3) is 8.39. The lowest BCUT2D eigenvalue weighted by molar-refractivity contribution is 0.0321. The fourth-order valence-electron chi connectivity index (χ4n) is 4.32. The van der Waals surface area contributed by atoms with Crippen LogP contribution in [0.1, 0.15) is 17.0 Å². The third-order valence-electron chi connectivity index (χ3n) is 6.31. The van der Waals surface area contributed by atoms with Gasteiger partial charge in [-0.25, -0.2) is 0 Å². The first-order chi connectivity index (χ1) is 17.0. The summed E-state index contributed by atoms with van der Waals surface area (Å²) in [6, 6.07) is 15.6. The molecule has 9 heteroatoms. The first kappa shape index (κ1) is 26.8. The van der Waals surface area contributed by atoms with E-state index in [2.05, 4.69) is 9.80 Å². The molecule has 0 aromatic heterocycles. The zero-order chi connectivity index (χ0) is 24.5. The molecule has 2 aromatic rings. The molecule has 0 atom stereocenters. The second kappa shape index (κ2) is 13.3. The Morgan fingerprint density at radius 2 is 1.03 bits per heavy atom. The van der Waals surface area contributed by atoms with Crippen molar-refractivity contribution in [2.75, 3.05) is 78.9 Å². The van der Waals surface area contributed by atoms with E-state index >= 15 is 0 Å². The number of benzene rings is 2. The van der Waals surface area contributed by atoms with Crippen molar-refractivity contribution in [3.05, 3.63) is 59.7 Å². The highest BCUT2D eigenvalue weighted by molar-refractivity contribution is 6.68. The summed E-state index contributed by atoms with van der Waals surface area (Å²) in [5, 5.41) is 0. The van der Waals surface area contributed by atoms with Crippen LogP contribution in [0, 0.1) is 0 Å². The molecule has 2 saturated heterocycles. The molecular formula is C26H33Cl3N2O4. The maximum absolute atomic E-state index is 6.42. The minimum atomic E-state index is -1.50. The van der Waals surface area contributed by atoms with Gasteiger partial charge in [0.15, 0.2) is 0 Å². The SMILES string of the molecule is ClC(Cl)(Cl)C(c1ccc(OCCN2CCOCC2)cc1)c1ccc(OCCN2CCOCC2)cc1. The van der Waals surface area contributed by atoms with Crippen LogP contribution >= 0.6 is 34.8 Å². The molecule has 4 rings (SSSR count). The normalized spacial score (nSPS) is 18.1. The van der Waals surface area contributed by atoms with Crippen LogP contribution in [0.5, 0.6) is 11.5 Å². The Bertz CT molecular complexity index is 813. The average Bonchev–Trinajstić information content (AvgIpc) is 2.87. The van der Waals surface area contributed by atoms with Crippen LogP contribution in [0.3, 0.4) is 0 Å². The number of hydrogen-bond acceptors (Lipinski definition) is 6. The molecule has 0 bridgehead atoms. The molecular weight excluding hydrogens is 511 g/mol. The van der Waals surface area contributed by atoms with E-state index in [1.54, 1.807) is 0 Å². The van der Waals surface area contributed by atoms with Gasteiger partial charge >= 0.3 is 0 Å². The molecule has 6 nitrogen and oxygen atoms in total. The Balaban J connectivity index is 1.32. The Morgan fingerprint density at radius 3 is 1.37 bits per heavy atom. The van der Waals surface area contributed by atoms with Crippen LogP contribution in [0.25, 0.3) is 0 Å². The van der Waals surface area contributed by atoms with Gasteiger partial charge in [0.05, 0.1) is 32.3 Å². The second-order valence-electron chi connectivity index (χ2n) is 8.72. The van der Waals surface area contributed by atoms with E-state index in [4.69, 9.17) is 53.8 Å². The van der Waals surface area contributed by atoms with E-state index in [0.29, 0.717) is 13.2 Å². The summed E-state index contributed by atoms with van der Waals surface area (Å²) in [5.74, 6) is 1.18.